The van der Waals surface area contributed by atoms with Crippen molar-refractivity contribution in [2.75, 3.05) is 13.1 Å². The van der Waals surface area contributed by atoms with Crippen LogP contribution in [0.3, 0.4) is 0 Å². The van der Waals surface area contributed by atoms with E-state index in [4.69, 9.17) is 10.8 Å². The van der Waals surface area contributed by atoms with E-state index in [9.17, 15) is 19.2 Å². The van der Waals surface area contributed by atoms with Crippen LogP contribution in [0.25, 0.3) is 0 Å². The molecule has 9 nitrogen and oxygen atoms in total. The number of hydrogen-bond acceptors (Lipinski definition) is 6. The normalized spacial score (nSPS) is 18.7. The van der Waals surface area contributed by atoms with Gasteiger partial charge in [-0.15, -0.1) is 11.8 Å². The van der Waals surface area contributed by atoms with Crippen molar-refractivity contribution < 1.29 is 24.3 Å². The van der Waals surface area contributed by atoms with Gasteiger partial charge in [0.2, 0.25) is 11.8 Å². The van der Waals surface area contributed by atoms with E-state index >= 15 is 0 Å². The van der Waals surface area contributed by atoms with Crippen LogP contribution in [0.5, 0.6) is 0 Å². The van der Waals surface area contributed by atoms with Gasteiger partial charge in [0.25, 0.3) is 0 Å². The van der Waals surface area contributed by atoms with E-state index in [0.717, 1.165) is 12.0 Å². The molecular weight excluding hydrogens is 460 g/mol. The zero-order valence-corrected chi connectivity index (χ0v) is 20.9. The third-order valence-electron chi connectivity index (χ3n) is 6.29. The SMILES string of the molecule is CC#CC[C@@H](NC(=O)[C@H](N)Cc1ccccc1)C(=O)NCCCCCC(=O)C1CC(C(=O)O)CCN1. The number of rotatable bonds is 14. The summed E-state index contributed by atoms with van der Waals surface area (Å²) in [5.74, 6) is 3.59. The summed E-state index contributed by atoms with van der Waals surface area (Å²) in [5.41, 5.74) is 6.98. The predicted molar refractivity (Wildman–Crippen MR) is 137 cm³/mol. The first-order valence-electron chi connectivity index (χ1n) is 12.6. The number of carbonyl (C=O) groups is 4. The van der Waals surface area contributed by atoms with Gasteiger partial charge in [0.1, 0.15) is 11.8 Å². The van der Waals surface area contributed by atoms with Crippen LogP contribution in [0.2, 0.25) is 0 Å². The van der Waals surface area contributed by atoms with Gasteiger partial charge in [-0.2, -0.15) is 0 Å². The summed E-state index contributed by atoms with van der Waals surface area (Å²) in [6, 6.07) is 7.47. The molecule has 6 N–H and O–H groups in total. The number of aliphatic carboxylic acids is 1. The molecule has 196 valence electrons. The van der Waals surface area contributed by atoms with Gasteiger partial charge >= 0.3 is 5.97 Å². The number of Topliss-reactive ketones (excluding diaryl/α,β-unsaturated/α-hetero) is 1. The number of carbonyl (C=O) groups excluding carboxylic acids is 3. The van der Waals surface area contributed by atoms with Crippen molar-refractivity contribution >= 4 is 23.6 Å². The Morgan fingerprint density at radius 1 is 1.14 bits per heavy atom. The molecule has 0 aromatic heterocycles. The first-order valence-corrected chi connectivity index (χ1v) is 12.6. The summed E-state index contributed by atoms with van der Waals surface area (Å²) in [7, 11) is 0. The van der Waals surface area contributed by atoms with Crippen molar-refractivity contribution in [1.82, 2.24) is 16.0 Å². The molecule has 1 aromatic carbocycles. The fourth-order valence-corrected chi connectivity index (χ4v) is 4.15. The fourth-order valence-electron chi connectivity index (χ4n) is 4.15. The molecule has 9 heteroatoms. The van der Waals surface area contributed by atoms with Crippen LogP contribution in [0.15, 0.2) is 30.3 Å². The number of benzene rings is 1. The lowest BCUT2D eigenvalue weighted by Gasteiger charge is -2.27. The average Bonchev–Trinajstić information content (AvgIpc) is 2.88. The van der Waals surface area contributed by atoms with Crippen molar-refractivity contribution in [2.45, 2.75) is 76.4 Å². The summed E-state index contributed by atoms with van der Waals surface area (Å²) < 4.78 is 0. The van der Waals surface area contributed by atoms with Crippen LogP contribution in [-0.4, -0.2) is 59.9 Å². The Bertz CT molecular complexity index is 940. The molecule has 2 unspecified atom stereocenters. The maximum Gasteiger partial charge on any atom is 0.306 e. The van der Waals surface area contributed by atoms with Crippen molar-refractivity contribution in [2.24, 2.45) is 11.7 Å². The fraction of sp³-hybridized carbons (Fsp3) is 0.556. The average molecular weight is 499 g/mol. The summed E-state index contributed by atoms with van der Waals surface area (Å²) >= 11 is 0. The molecule has 4 atom stereocenters. The molecule has 0 bridgehead atoms. The van der Waals surface area contributed by atoms with E-state index in [1.807, 2.05) is 30.3 Å². The topological polar surface area (TPSA) is 151 Å². The molecule has 1 aromatic rings. The highest BCUT2D eigenvalue weighted by atomic mass is 16.4. The third kappa shape index (κ3) is 10.2. The van der Waals surface area contributed by atoms with Crippen molar-refractivity contribution in [3.05, 3.63) is 35.9 Å². The Hall–Kier alpha value is -3.22. The minimum Gasteiger partial charge on any atom is -0.481 e. The summed E-state index contributed by atoms with van der Waals surface area (Å²) in [5, 5.41) is 17.8. The van der Waals surface area contributed by atoms with Gasteiger partial charge in [-0.1, -0.05) is 36.8 Å². The lowest BCUT2D eigenvalue weighted by atomic mass is 9.89. The molecule has 1 heterocycles. The Kier molecular flexibility index (Phi) is 12.7. The molecule has 0 spiro atoms. The van der Waals surface area contributed by atoms with Gasteiger partial charge in [0, 0.05) is 19.4 Å². The number of hydrogen-bond donors (Lipinski definition) is 5. The maximum atomic E-state index is 12.7. The van der Waals surface area contributed by atoms with Crippen molar-refractivity contribution in [1.29, 1.82) is 0 Å². The molecule has 0 saturated carbocycles. The van der Waals surface area contributed by atoms with Crippen LogP contribution < -0.4 is 21.7 Å². The van der Waals surface area contributed by atoms with E-state index in [1.165, 1.54) is 0 Å². The number of amides is 2. The molecule has 1 aliphatic heterocycles. The summed E-state index contributed by atoms with van der Waals surface area (Å²) in [4.78, 5) is 48.8. The number of piperidine rings is 1. The molecule has 1 aliphatic rings. The van der Waals surface area contributed by atoms with E-state index in [1.54, 1.807) is 6.92 Å². The van der Waals surface area contributed by atoms with Gasteiger partial charge in [-0.25, -0.2) is 0 Å². The first-order chi connectivity index (χ1) is 17.3. The molecule has 1 saturated heterocycles. The van der Waals surface area contributed by atoms with Gasteiger partial charge < -0.3 is 26.8 Å². The molecule has 0 aliphatic carbocycles. The number of unbranched alkanes of at least 4 members (excludes halogenated alkanes) is 2. The van der Waals surface area contributed by atoms with Crippen LogP contribution >= 0.6 is 0 Å². The Morgan fingerprint density at radius 2 is 1.89 bits per heavy atom. The number of ketones is 1. The van der Waals surface area contributed by atoms with Crippen LogP contribution in [0.1, 0.15) is 57.4 Å². The Labute approximate surface area is 213 Å². The number of carboxylic acid groups (broad SMARTS) is 1. The van der Waals surface area contributed by atoms with Crippen LogP contribution in [-0.2, 0) is 25.6 Å². The van der Waals surface area contributed by atoms with E-state index in [2.05, 4.69) is 27.8 Å². The Balaban J connectivity index is 1.70. The molecule has 0 radical (unpaired) electrons. The van der Waals surface area contributed by atoms with Crippen molar-refractivity contribution in [3.8, 4) is 11.8 Å². The van der Waals surface area contributed by atoms with Crippen molar-refractivity contribution in [3.63, 3.8) is 0 Å². The number of carboxylic acids is 1. The van der Waals surface area contributed by atoms with Gasteiger partial charge in [-0.05, 0) is 51.1 Å². The molecule has 2 amide bonds. The zero-order chi connectivity index (χ0) is 26.3. The van der Waals surface area contributed by atoms with E-state index in [-0.39, 0.29) is 18.1 Å². The highest BCUT2D eigenvalue weighted by molar-refractivity contribution is 5.90. The lowest BCUT2D eigenvalue weighted by molar-refractivity contribution is -0.143. The molecule has 36 heavy (non-hydrogen) atoms. The molecule has 1 fully saturated rings. The molecular formula is C27H38N4O5. The number of nitrogens with two attached hydrogens (primary N) is 1. The second-order valence-corrected chi connectivity index (χ2v) is 9.12. The van der Waals surface area contributed by atoms with E-state index in [0.29, 0.717) is 51.6 Å². The first kappa shape index (κ1) is 29.0. The largest absolute Gasteiger partial charge is 0.481 e. The second kappa shape index (κ2) is 15.7. The zero-order valence-electron chi connectivity index (χ0n) is 20.9. The Morgan fingerprint density at radius 3 is 2.58 bits per heavy atom. The highest BCUT2D eigenvalue weighted by Gasteiger charge is 2.30. The summed E-state index contributed by atoms with van der Waals surface area (Å²) in [6.07, 6.45) is 3.91. The van der Waals surface area contributed by atoms with Gasteiger partial charge in [0.15, 0.2) is 0 Å². The standard InChI is InChI=1S/C27H38N4O5/c1-2-3-12-22(31-25(33)21(28)17-19-10-6-4-7-11-19)26(34)30-15-9-5-8-13-24(32)23-18-20(27(35)36)14-16-29-23/h4,6-7,10-11,20-23,29H,5,8-9,12-18,28H2,1H3,(H,30,34)(H,31,33)(H,35,36)/t20?,21-,22-,23?/m1/s1. The van der Waals surface area contributed by atoms with Gasteiger partial charge in [0.05, 0.1) is 18.0 Å². The summed E-state index contributed by atoms with van der Waals surface area (Å²) in [6.45, 7) is 2.62. The minimum atomic E-state index is -0.845. The number of nitrogens with one attached hydrogen (secondary N) is 3. The van der Waals surface area contributed by atoms with E-state index < -0.39 is 35.9 Å². The van der Waals surface area contributed by atoms with Crippen LogP contribution in [0.4, 0.5) is 0 Å². The monoisotopic (exact) mass is 498 g/mol. The highest BCUT2D eigenvalue weighted by Crippen LogP contribution is 2.18. The minimum absolute atomic E-state index is 0.0396. The maximum absolute atomic E-state index is 12.7. The quantitative estimate of drug-likeness (QED) is 0.191. The second-order valence-electron chi connectivity index (χ2n) is 9.12. The molecule has 2 rings (SSSR count). The van der Waals surface area contributed by atoms with Crippen LogP contribution in [0, 0.1) is 17.8 Å². The van der Waals surface area contributed by atoms with Gasteiger partial charge in [-0.3, -0.25) is 19.2 Å². The smallest absolute Gasteiger partial charge is 0.306 e. The third-order valence-corrected chi connectivity index (χ3v) is 6.29. The predicted octanol–water partition coefficient (Wildman–Crippen LogP) is 1.15. The lowest BCUT2D eigenvalue weighted by Crippen LogP contribution is -2.52.